The van der Waals surface area contributed by atoms with E-state index < -0.39 is 0 Å². The van der Waals surface area contributed by atoms with Crippen molar-refractivity contribution in [3.8, 4) is 0 Å². The van der Waals surface area contributed by atoms with Crippen molar-refractivity contribution in [2.75, 3.05) is 25.5 Å². The lowest BCUT2D eigenvalue weighted by atomic mass is 10.1. The van der Waals surface area contributed by atoms with E-state index in [1.165, 1.54) is 23.4 Å². The molecule has 5 heteroatoms. The molecule has 0 spiro atoms. The number of likely N-dealkylation sites (tertiary alicyclic amines) is 1. The smallest absolute Gasteiger partial charge is 0.185 e. The Morgan fingerprint density at radius 3 is 2.77 bits per heavy atom. The van der Waals surface area contributed by atoms with Crippen LogP contribution in [0.1, 0.15) is 40.8 Å². The third kappa shape index (κ3) is 3.15. The van der Waals surface area contributed by atoms with Crippen LogP contribution in [0.5, 0.6) is 0 Å². The third-order valence-corrected chi connectivity index (χ3v) is 5.54. The largest absolute Gasteiger partial charge is 0.354 e. The van der Waals surface area contributed by atoms with Crippen LogP contribution in [0, 0.1) is 13.8 Å². The van der Waals surface area contributed by atoms with Crippen LogP contribution >= 0.6 is 11.3 Å². The molecular formula is C17H24N4S. The highest BCUT2D eigenvalue weighted by Gasteiger charge is 2.28. The summed E-state index contributed by atoms with van der Waals surface area (Å²) >= 11 is 1.81. The van der Waals surface area contributed by atoms with E-state index in [0.717, 1.165) is 29.6 Å². The van der Waals surface area contributed by atoms with Gasteiger partial charge in [-0.3, -0.25) is 9.88 Å². The summed E-state index contributed by atoms with van der Waals surface area (Å²) in [6, 6.07) is 6.81. The summed E-state index contributed by atoms with van der Waals surface area (Å²) in [5.74, 6) is 0. The van der Waals surface area contributed by atoms with Gasteiger partial charge in [0.15, 0.2) is 5.13 Å². The predicted molar refractivity (Wildman–Crippen MR) is 92.5 cm³/mol. The van der Waals surface area contributed by atoms with Gasteiger partial charge in [-0.1, -0.05) is 6.07 Å². The lowest BCUT2D eigenvalue weighted by Crippen LogP contribution is -2.23. The van der Waals surface area contributed by atoms with Crippen molar-refractivity contribution in [2.24, 2.45) is 0 Å². The monoisotopic (exact) mass is 316 g/mol. The quantitative estimate of drug-likeness (QED) is 0.863. The number of hydrogen-bond acceptors (Lipinski definition) is 5. The van der Waals surface area contributed by atoms with Crippen LogP contribution < -0.4 is 4.90 Å². The van der Waals surface area contributed by atoms with Crippen LogP contribution in [0.2, 0.25) is 0 Å². The van der Waals surface area contributed by atoms with Crippen molar-refractivity contribution in [1.29, 1.82) is 0 Å². The molecule has 1 fully saturated rings. The Kier molecular flexibility index (Phi) is 4.45. The summed E-state index contributed by atoms with van der Waals surface area (Å²) in [6.45, 7) is 6.32. The highest BCUT2D eigenvalue weighted by molar-refractivity contribution is 7.15. The molecule has 0 bridgehead atoms. The molecule has 0 aromatic carbocycles. The molecule has 2 aromatic heterocycles. The van der Waals surface area contributed by atoms with Gasteiger partial charge in [-0.15, -0.1) is 11.3 Å². The Bertz CT molecular complexity index is 650. The highest BCUT2D eigenvalue weighted by atomic mass is 32.1. The average molecular weight is 316 g/mol. The molecule has 3 heterocycles. The minimum absolute atomic E-state index is 0.448. The molecule has 0 radical (unpaired) electrons. The van der Waals surface area contributed by atoms with Crippen LogP contribution in [0.4, 0.5) is 5.13 Å². The molecule has 1 atom stereocenters. The molecule has 22 heavy (non-hydrogen) atoms. The second kappa shape index (κ2) is 6.34. The van der Waals surface area contributed by atoms with Crippen LogP contribution in [-0.2, 0) is 6.54 Å². The first-order chi connectivity index (χ1) is 10.5. The summed E-state index contributed by atoms with van der Waals surface area (Å²) < 4.78 is 0. The fourth-order valence-corrected chi connectivity index (χ4v) is 4.04. The molecule has 0 aliphatic carbocycles. The molecule has 1 aliphatic heterocycles. The topological polar surface area (TPSA) is 32.3 Å². The van der Waals surface area contributed by atoms with Crippen molar-refractivity contribution in [3.63, 3.8) is 0 Å². The first kappa shape index (κ1) is 15.4. The Morgan fingerprint density at radius 2 is 2.09 bits per heavy atom. The van der Waals surface area contributed by atoms with Crippen LogP contribution in [0.15, 0.2) is 18.2 Å². The zero-order valence-corrected chi connectivity index (χ0v) is 14.7. The fourth-order valence-electron chi connectivity index (χ4n) is 3.04. The van der Waals surface area contributed by atoms with Crippen molar-refractivity contribution < 1.29 is 0 Å². The van der Waals surface area contributed by atoms with E-state index >= 15 is 0 Å². The molecule has 0 amide bonds. The standard InChI is InChI=1S/C17H24N4S/c1-12-7-5-8-14(18-12)15-9-6-10-21(15)11-16-13(2)19-17(22-16)20(3)4/h5,7-8,15H,6,9-11H2,1-4H3/t15-/m1/s1. The molecule has 1 aliphatic rings. The predicted octanol–water partition coefficient (Wildman–Crippen LogP) is 3.56. The fraction of sp³-hybridized carbons (Fsp3) is 0.529. The van der Waals surface area contributed by atoms with Gasteiger partial charge in [0, 0.05) is 31.2 Å². The van der Waals surface area contributed by atoms with Gasteiger partial charge in [0.2, 0.25) is 0 Å². The number of aromatic nitrogens is 2. The normalized spacial score (nSPS) is 18.8. The van der Waals surface area contributed by atoms with Crippen LogP contribution in [-0.4, -0.2) is 35.5 Å². The second-order valence-corrected chi connectivity index (χ2v) is 7.29. The molecule has 0 N–H and O–H groups in total. The van der Waals surface area contributed by atoms with Gasteiger partial charge in [0.05, 0.1) is 17.4 Å². The molecule has 118 valence electrons. The van der Waals surface area contributed by atoms with Crippen molar-refractivity contribution in [3.05, 3.63) is 40.2 Å². The Labute approximate surface area is 136 Å². The number of thiazole rings is 1. The second-order valence-electron chi connectivity index (χ2n) is 6.23. The zero-order chi connectivity index (χ0) is 15.7. The van der Waals surface area contributed by atoms with Crippen molar-refractivity contribution in [1.82, 2.24) is 14.9 Å². The van der Waals surface area contributed by atoms with Crippen LogP contribution in [0.3, 0.4) is 0 Å². The number of anilines is 1. The molecular weight excluding hydrogens is 292 g/mol. The number of hydrogen-bond donors (Lipinski definition) is 0. The maximum absolute atomic E-state index is 4.74. The lowest BCUT2D eigenvalue weighted by molar-refractivity contribution is 0.246. The lowest BCUT2D eigenvalue weighted by Gasteiger charge is -2.23. The van der Waals surface area contributed by atoms with E-state index in [1.54, 1.807) is 0 Å². The van der Waals surface area contributed by atoms with Crippen LogP contribution in [0.25, 0.3) is 0 Å². The summed E-state index contributed by atoms with van der Waals surface area (Å²) in [4.78, 5) is 15.4. The highest BCUT2D eigenvalue weighted by Crippen LogP contribution is 2.34. The van der Waals surface area contributed by atoms with E-state index in [2.05, 4.69) is 60.9 Å². The Balaban J connectivity index is 1.79. The van der Waals surface area contributed by atoms with E-state index in [0.29, 0.717) is 6.04 Å². The number of pyridine rings is 1. The summed E-state index contributed by atoms with van der Waals surface area (Å²) in [5.41, 5.74) is 3.48. The van der Waals surface area contributed by atoms with E-state index in [4.69, 9.17) is 4.98 Å². The van der Waals surface area contributed by atoms with E-state index in [-0.39, 0.29) is 0 Å². The first-order valence-electron chi connectivity index (χ1n) is 7.86. The number of aryl methyl sites for hydroxylation is 2. The zero-order valence-electron chi connectivity index (χ0n) is 13.8. The molecule has 2 aromatic rings. The molecule has 0 unspecified atom stereocenters. The SMILES string of the molecule is Cc1cccc([C@H]2CCCN2Cc2sc(N(C)C)nc2C)n1. The van der Waals surface area contributed by atoms with Gasteiger partial charge in [-0.2, -0.15) is 0 Å². The Morgan fingerprint density at radius 1 is 1.27 bits per heavy atom. The maximum atomic E-state index is 4.74. The first-order valence-corrected chi connectivity index (χ1v) is 8.67. The summed E-state index contributed by atoms with van der Waals surface area (Å²) in [7, 11) is 4.11. The molecule has 1 saturated heterocycles. The molecule has 4 nitrogen and oxygen atoms in total. The minimum atomic E-state index is 0.448. The van der Waals surface area contributed by atoms with Gasteiger partial charge in [-0.05, 0) is 45.4 Å². The van der Waals surface area contributed by atoms with Gasteiger partial charge >= 0.3 is 0 Å². The van der Waals surface area contributed by atoms with Gasteiger partial charge in [0.1, 0.15) is 0 Å². The van der Waals surface area contributed by atoms with E-state index in [1.807, 2.05) is 11.3 Å². The Hall–Kier alpha value is -1.46. The number of rotatable bonds is 4. The minimum Gasteiger partial charge on any atom is -0.354 e. The van der Waals surface area contributed by atoms with Gasteiger partial charge in [-0.25, -0.2) is 4.98 Å². The maximum Gasteiger partial charge on any atom is 0.185 e. The average Bonchev–Trinajstić information content (AvgIpc) is 3.07. The molecule has 0 saturated carbocycles. The van der Waals surface area contributed by atoms with Crippen molar-refractivity contribution >= 4 is 16.5 Å². The van der Waals surface area contributed by atoms with E-state index in [9.17, 15) is 0 Å². The van der Waals surface area contributed by atoms with Gasteiger partial charge in [0.25, 0.3) is 0 Å². The third-order valence-electron chi connectivity index (χ3n) is 4.23. The summed E-state index contributed by atoms with van der Waals surface area (Å²) in [5, 5.41) is 1.09. The van der Waals surface area contributed by atoms with Crippen molar-refractivity contribution in [2.45, 2.75) is 39.3 Å². The van der Waals surface area contributed by atoms with Gasteiger partial charge < -0.3 is 4.90 Å². The summed E-state index contributed by atoms with van der Waals surface area (Å²) in [6.07, 6.45) is 2.45. The number of nitrogens with zero attached hydrogens (tertiary/aromatic N) is 4. The molecule has 3 rings (SSSR count).